The number of carboxylic acid groups (broad SMARTS) is 1. The van der Waals surface area contributed by atoms with Crippen molar-refractivity contribution in [3.8, 4) is 0 Å². The minimum atomic E-state index is -0.928. The largest absolute Gasteiger partial charge is 1.00 e. The van der Waals surface area contributed by atoms with Crippen LogP contribution in [0.5, 0.6) is 0 Å². The van der Waals surface area contributed by atoms with Crippen molar-refractivity contribution in [3.63, 3.8) is 0 Å². The average Bonchev–Trinajstić information content (AvgIpc) is 3.13. The zero-order valence-corrected chi connectivity index (χ0v) is 39.2. The zero-order valence-electron chi connectivity index (χ0n) is 36.1. The van der Waals surface area contributed by atoms with Crippen LogP contribution in [0.1, 0.15) is 214 Å². The Morgan fingerprint density at radius 1 is 0.545 bits per heavy atom. The number of aliphatic carboxylic acids is 1. The molecule has 1 atom stereocenters. The Kier molecular flexibility index (Phi) is 30.9. The number of carbonyl (C=O) groups is 4. The topological polar surface area (TPSA) is 148 Å². The molecule has 10 heteroatoms. The summed E-state index contributed by atoms with van der Waals surface area (Å²) >= 11 is 0. The van der Waals surface area contributed by atoms with Crippen LogP contribution in [0.4, 0.5) is 0 Å². The van der Waals surface area contributed by atoms with Crippen molar-refractivity contribution in [3.05, 3.63) is 0 Å². The Morgan fingerprint density at radius 3 is 1.27 bits per heavy atom. The van der Waals surface area contributed by atoms with Gasteiger partial charge in [-0.25, -0.2) is 0 Å². The monoisotopic (exact) mass is 800 g/mol. The fourth-order valence-corrected chi connectivity index (χ4v) is 8.47. The number of aliphatic hydroxyl groups is 1. The number of hydrogen-bond acceptors (Lipinski definition) is 6. The summed E-state index contributed by atoms with van der Waals surface area (Å²) in [5.74, 6) is 0.314. The van der Waals surface area contributed by atoms with Crippen LogP contribution in [0.2, 0.25) is 0 Å². The molecule has 0 aliphatic heterocycles. The predicted octanol–water partition coefficient (Wildman–Crippen LogP) is 5.44. The van der Waals surface area contributed by atoms with E-state index < -0.39 is 11.9 Å². The van der Waals surface area contributed by atoms with Crippen molar-refractivity contribution in [2.24, 2.45) is 23.7 Å². The fraction of sp³-hybridized carbons (Fsp3) is 0.911. The molecule has 0 aromatic heterocycles. The summed E-state index contributed by atoms with van der Waals surface area (Å²) < 4.78 is 0. The molecule has 55 heavy (non-hydrogen) atoms. The van der Waals surface area contributed by atoms with Gasteiger partial charge in [-0.05, 0) is 120 Å². The molecule has 3 aliphatic carbocycles. The molecular formula is C45H82KN3O6. The summed E-state index contributed by atoms with van der Waals surface area (Å²) in [4.78, 5) is 49.0. The van der Waals surface area contributed by atoms with Gasteiger partial charge < -0.3 is 31.0 Å². The molecule has 0 heterocycles. The standard InChI is InChI=1S/C27H47N3O3.C18H36O3.K/c1-18-4-10-22(11-5-18)28-25(31)16-21(27(33)30-24-14-8-20(3)9-15-24)17-26(32)29-23-12-6-19(2)7-13-23;1-2-3-4-11-14-17(19)15-12-9-7-5-6-8-10-13-16-18(20)21;/h18-24H,4-17H2,1-3H3,(H,28,31)(H,29,32)(H,30,33);17,19H,2-16H2,1H3,(H,20,21);/q;;+1/p-1. The molecule has 0 spiro atoms. The van der Waals surface area contributed by atoms with E-state index in [0.717, 1.165) is 127 Å². The first kappa shape index (κ1) is 52.5. The number of hydrogen-bond donors (Lipinski definition) is 4. The van der Waals surface area contributed by atoms with Gasteiger partial charge in [0.25, 0.3) is 0 Å². The van der Waals surface area contributed by atoms with Crippen molar-refractivity contribution in [2.45, 2.75) is 238 Å². The second-order valence-electron chi connectivity index (χ2n) is 17.9. The van der Waals surface area contributed by atoms with E-state index in [1.165, 1.54) is 51.4 Å². The summed E-state index contributed by atoms with van der Waals surface area (Å²) in [6.45, 7) is 8.99. The van der Waals surface area contributed by atoms with Gasteiger partial charge in [0.1, 0.15) is 0 Å². The van der Waals surface area contributed by atoms with E-state index in [9.17, 15) is 29.4 Å². The number of unbranched alkanes of at least 4 members (excludes halogenated alkanes) is 10. The van der Waals surface area contributed by atoms with Gasteiger partial charge in [-0.2, -0.15) is 0 Å². The maximum Gasteiger partial charge on any atom is 1.00 e. The molecule has 0 aromatic rings. The average molecular weight is 800 g/mol. The minimum absolute atomic E-state index is 0. The molecule has 3 fully saturated rings. The predicted molar refractivity (Wildman–Crippen MR) is 217 cm³/mol. The van der Waals surface area contributed by atoms with Crippen molar-refractivity contribution in [1.82, 2.24) is 16.0 Å². The Labute approximate surface area is 379 Å². The van der Waals surface area contributed by atoms with E-state index in [4.69, 9.17) is 0 Å². The van der Waals surface area contributed by atoms with Crippen LogP contribution in [0.25, 0.3) is 0 Å². The van der Waals surface area contributed by atoms with E-state index in [1.807, 2.05) is 0 Å². The fourth-order valence-electron chi connectivity index (χ4n) is 8.47. The van der Waals surface area contributed by atoms with Gasteiger partial charge in [0.05, 0.1) is 12.0 Å². The van der Waals surface area contributed by atoms with Crippen LogP contribution >= 0.6 is 0 Å². The number of nitrogens with one attached hydrogen (secondary N) is 3. The molecule has 0 aromatic carbocycles. The summed E-state index contributed by atoms with van der Waals surface area (Å²) in [7, 11) is 0. The molecule has 1 unspecified atom stereocenters. The Morgan fingerprint density at radius 2 is 0.891 bits per heavy atom. The van der Waals surface area contributed by atoms with Crippen molar-refractivity contribution < 1.29 is 80.8 Å². The van der Waals surface area contributed by atoms with Crippen LogP contribution < -0.4 is 72.4 Å². The molecule has 4 N–H and O–H groups in total. The first-order chi connectivity index (χ1) is 25.9. The third kappa shape index (κ3) is 27.0. The van der Waals surface area contributed by atoms with Crippen LogP contribution in [-0.4, -0.2) is 53.0 Å². The molecule has 0 saturated heterocycles. The van der Waals surface area contributed by atoms with Crippen LogP contribution in [0, 0.1) is 23.7 Å². The van der Waals surface area contributed by atoms with Crippen molar-refractivity contribution in [2.75, 3.05) is 0 Å². The molecule has 9 nitrogen and oxygen atoms in total. The second-order valence-corrected chi connectivity index (χ2v) is 17.9. The Hall–Kier alpha value is -0.524. The molecule has 314 valence electrons. The summed E-state index contributed by atoms with van der Waals surface area (Å²) in [6, 6.07) is 0.576. The Balaban J connectivity index is 0.000000599. The maximum atomic E-state index is 13.2. The quantitative estimate of drug-likeness (QED) is 0.0756. The van der Waals surface area contributed by atoms with Crippen molar-refractivity contribution in [1.29, 1.82) is 0 Å². The first-order valence-corrected chi connectivity index (χ1v) is 22.7. The number of amides is 3. The van der Waals surface area contributed by atoms with Gasteiger partial charge in [0.15, 0.2) is 0 Å². The summed E-state index contributed by atoms with van der Waals surface area (Å²) in [6.07, 6.45) is 28.9. The summed E-state index contributed by atoms with van der Waals surface area (Å²) in [5, 5.41) is 29.5. The normalized spacial score (nSPS) is 24.9. The van der Waals surface area contributed by atoms with Gasteiger partial charge in [0.2, 0.25) is 17.7 Å². The molecule has 0 bridgehead atoms. The zero-order chi connectivity index (χ0) is 39.6. The van der Waals surface area contributed by atoms with Crippen molar-refractivity contribution >= 4 is 23.7 Å². The Bertz CT molecular complexity index is 984. The van der Waals surface area contributed by atoms with E-state index in [0.29, 0.717) is 5.92 Å². The SMILES string of the molecule is CC1CCC(NC(=O)CC(CC(=O)NC2CCC(C)CC2)C(=O)NC2CCC(C)CC2)CC1.CCCCCCC(O)CCCCCCCCCCC(=O)[O-].[K+]. The van der Waals surface area contributed by atoms with Gasteiger partial charge in [-0.3, -0.25) is 14.4 Å². The van der Waals surface area contributed by atoms with E-state index in [1.54, 1.807) is 0 Å². The van der Waals surface area contributed by atoms with Crippen LogP contribution in [0.3, 0.4) is 0 Å². The maximum absolute atomic E-state index is 13.2. The third-order valence-corrected chi connectivity index (χ3v) is 12.4. The van der Waals surface area contributed by atoms with Crippen LogP contribution in [0.15, 0.2) is 0 Å². The van der Waals surface area contributed by atoms with E-state index in [-0.39, 0.29) is 113 Å². The first-order valence-electron chi connectivity index (χ1n) is 22.7. The number of carboxylic acids is 1. The summed E-state index contributed by atoms with van der Waals surface area (Å²) in [5.41, 5.74) is 0. The van der Waals surface area contributed by atoms with Gasteiger partial charge in [0, 0.05) is 36.9 Å². The van der Waals surface area contributed by atoms with Crippen LogP contribution in [-0.2, 0) is 19.2 Å². The molecule has 3 aliphatic rings. The number of rotatable bonds is 24. The minimum Gasteiger partial charge on any atom is -0.550 e. The molecule has 3 amide bonds. The third-order valence-electron chi connectivity index (χ3n) is 12.4. The molecule has 3 saturated carbocycles. The smallest absolute Gasteiger partial charge is 0.550 e. The van der Waals surface area contributed by atoms with Gasteiger partial charge in [-0.15, -0.1) is 0 Å². The van der Waals surface area contributed by atoms with E-state index >= 15 is 0 Å². The second kappa shape index (κ2) is 32.3. The molecule has 3 rings (SSSR count). The molecule has 0 radical (unpaired) electrons. The number of aliphatic hydroxyl groups excluding tert-OH is 1. The number of carbonyl (C=O) groups excluding carboxylic acids is 4. The van der Waals surface area contributed by atoms with E-state index in [2.05, 4.69) is 43.6 Å². The molecular weight excluding hydrogens is 718 g/mol. The van der Waals surface area contributed by atoms with Gasteiger partial charge in [-0.1, -0.05) is 98.3 Å². The van der Waals surface area contributed by atoms with Gasteiger partial charge >= 0.3 is 51.4 Å².